The Morgan fingerprint density at radius 1 is 1.11 bits per heavy atom. The minimum Gasteiger partial charge on any atom is -0.394 e. The van der Waals surface area contributed by atoms with Crippen molar-refractivity contribution < 1.29 is 10.2 Å². The second kappa shape index (κ2) is 6.57. The first-order chi connectivity index (χ1) is 9.20. The predicted octanol–water partition coefficient (Wildman–Crippen LogP) is 2.77. The molecular formula is C15H16ClNO2. The van der Waals surface area contributed by atoms with E-state index in [1.807, 2.05) is 48.5 Å². The van der Waals surface area contributed by atoms with Crippen LogP contribution in [0, 0.1) is 0 Å². The molecule has 2 aromatic rings. The van der Waals surface area contributed by atoms with E-state index in [9.17, 15) is 5.11 Å². The third-order valence-electron chi connectivity index (χ3n) is 2.80. The van der Waals surface area contributed by atoms with Gasteiger partial charge in [-0.2, -0.15) is 0 Å². The molecule has 1 atom stereocenters. The van der Waals surface area contributed by atoms with Gasteiger partial charge in [-0.3, -0.25) is 0 Å². The molecule has 0 spiro atoms. The first-order valence-electron chi connectivity index (χ1n) is 6.08. The Bertz CT molecular complexity index is 545. The molecule has 19 heavy (non-hydrogen) atoms. The molecule has 1 unspecified atom stereocenters. The summed E-state index contributed by atoms with van der Waals surface area (Å²) in [5, 5.41) is 22.0. The lowest BCUT2D eigenvalue weighted by Gasteiger charge is -2.14. The molecule has 0 aliphatic carbocycles. The number of para-hydroxylation sites is 1. The first-order valence-corrected chi connectivity index (χ1v) is 6.46. The van der Waals surface area contributed by atoms with Crippen molar-refractivity contribution in [1.29, 1.82) is 0 Å². The van der Waals surface area contributed by atoms with E-state index in [0.29, 0.717) is 11.6 Å². The Morgan fingerprint density at radius 3 is 2.63 bits per heavy atom. The Labute approximate surface area is 117 Å². The number of aliphatic hydroxyl groups is 2. The van der Waals surface area contributed by atoms with Crippen LogP contribution >= 0.6 is 11.6 Å². The molecule has 0 bridgehead atoms. The molecule has 0 aliphatic heterocycles. The highest BCUT2D eigenvalue weighted by Gasteiger charge is 2.07. The number of hydrogen-bond acceptors (Lipinski definition) is 3. The number of nitrogens with one attached hydrogen (secondary N) is 1. The highest BCUT2D eigenvalue weighted by Crippen LogP contribution is 2.29. The molecule has 0 aliphatic rings. The molecule has 2 aromatic carbocycles. The van der Waals surface area contributed by atoms with E-state index in [1.165, 1.54) is 0 Å². The summed E-state index contributed by atoms with van der Waals surface area (Å²) in [7, 11) is 0. The maximum atomic E-state index is 9.39. The molecule has 0 saturated heterocycles. The molecule has 0 fully saturated rings. The lowest BCUT2D eigenvalue weighted by molar-refractivity contribution is 0.105. The molecule has 0 heterocycles. The molecule has 0 saturated carbocycles. The van der Waals surface area contributed by atoms with Crippen molar-refractivity contribution in [3.8, 4) is 11.1 Å². The summed E-state index contributed by atoms with van der Waals surface area (Å²) >= 11 is 6.00. The summed E-state index contributed by atoms with van der Waals surface area (Å²) in [6, 6.07) is 15.4. The summed E-state index contributed by atoms with van der Waals surface area (Å²) in [5.41, 5.74) is 2.92. The smallest absolute Gasteiger partial charge is 0.0942 e. The van der Waals surface area contributed by atoms with Crippen LogP contribution in [-0.2, 0) is 0 Å². The van der Waals surface area contributed by atoms with Gasteiger partial charge in [0.1, 0.15) is 0 Å². The summed E-state index contributed by atoms with van der Waals surface area (Å²) in [6.07, 6.45) is -0.771. The summed E-state index contributed by atoms with van der Waals surface area (Å²) in [6.45, 7) is 0.0421. The van der Waals surface area contributed by atoms with E-state index in [0.717, 1.165) is 16.8 Å². The van der Waals surface area contributed by atoms with Crippen LogP contribution in [0.2, 0.25) is 5.02 Å². The average molecular weight is 278 g/mol. The number of aliphatic hydroxyl groups excluding tert-OH is 2. The second-order valence-corrected chi connectivity index (χ2v) is 4.71. The van der Waals surface area contributed by atoms with Crippen LogP contribution in [0.1, 0.15) is 0 Å². The van der Waals surface area contributed by atoms with Gasteiger partial charge in [-0.25, -0.2) is 0 Å². The van der Waals surface area contributed by atoms with Crippen LogP contribution in [0.25, 0.3) is 11.1 Å². The Hall–Kier alpha value is -1.55. The molecule has 0 amide bonds. The van der Waals surface area contributed by atoms with E-state index >= 15 is 0 Å². The highest BCUT2D eigenvalue weighted by atomic mass is 35.5. The molecule has 0 aromatic heterocycles. The number of anilines is 1. The fourth-order valence-corrected chi connectivity index (χ4v) is 2.03. The largest absolute Gasteiger partial charge is 0.394 e. The van der Waals surface area contributed by atoms with E-state index < -0.39 is 6.10 Å². The van der Waals surface area contributed by atoms with Gasteiger partial charge in [0.15, 0.2) is 0 Å². The van der Waals surface area contributed by atoms with Crippen LogP contribution < -0.4 is 5.32 Å². The van der Waals surface area contributed by atoms with Crippen LogP contribution in [-0.4, -0.2) is 29.5 Å². The fourth-order valence-electron chi connectivity index (χ4n) is 1.84. The van der Waals surface area contributed by atoms with Gasteiger partial charge >= 0.3 is 0 Å². The Morgan fingerprint density at radius 2 is 1.89 bits per heavy atom. The monoisotopic (exact) mass is 277 g/mol. The van der Waals surface area contributed by atoms with Crippen LogP contribution in [0.4, 0.5) is 5.69 Å². The van der Waals surface area contributed by atoms with Gasteiger partial charge in [-0.05, 0) is 23.8 Å². The van der Waals surface area contributed by atoms with Gasteiger partial charge in [-0.1, -0.05) is 41.9 Å². The van der Waals surface area contributed by atoms with Crippen molar-refractivity contribution in [2.45, 2.75) is 6.10 Å². The lowest BCUT2D eigenvalue weighted by Crippen LogP contribution is -2.23. The SMILES string of the molecule is OCC(O)CNc1ccccc1-c1cccc(Cl)c1. The van der Waals surface area contributed by atoms with E-state index in [1.54, 1.807) is 0 Å². The van der Waals surface area contributed by atoms with Crippen LogP contribution in [0.5, 0.6) is 0 Å². The van der Waals surface area contributed by atoms with Crippen LogP contribution in [0.15, 0.2) is 48.5 Å². The van der Waals surface area contributed by atoms with Crippen molar-refractivity contribution in [3.05, 3.63) is 53.6 Å². The normalized spacial score (nSPS) is 12.2. The summed E-state index contributed by atoms with van der Waals surface area (Å²) in [4.78, 5) is 0. The minimum absolute atomic E-state index is 0.258. The number of benzene rings is 2. The fraction of sp³-hybridized carbons (Fsp3) is 0.200. The zero-order chi connectivity index (χ0) is 13.7. The zero-order valence-corrected chi connectivity index (χ0v) is 11.1. The quantitative estimate of drug-likeness (QED) is 0.788. The number of halogens is 1. The Kier molecular flexibility index (Phi) is 4.80. The van der Waals surface area contributed by atoms with Gasteiger partial charge < -0.3 is 15.5 Å². The van der Waals surface area contributed by atoms with Crippen molar-refractivity contribution in [3.63, 3.8) is 0 Å². The number of hydrogen-bond donors (Lipinski definition) is 3. The average Bonchev–Trinajstić information content (AvgIpc) is 2.45. The van der Waals surface area contributed by atoms with E-state index in [2.05, 4.69) is 5.32 Å². The zero-order valence-electron chi connectivity index (χ0n) is 10.4. The van der Waals surface area contributed by atoms with Gasteiger partial charge in [0.25, 0.3) is 0 Å². The molecule has 0 radical (unpaired) electrons. The van der Waals surface area contributed by atoms with Crippen molar-refractivity contribution in [2.24, 2.45) is 0 Å². The van der Waals surface area contributed by atoms with Crippen molar-refractivity contribution in [1.82, 2.24) is 0 Å². The van der Waals surface area contributed by atoms with Gasteiger partial charge in [0, 0.05) is 22.8 Å². The molecular weight excluding hydrogens is 262 g/mol. The number of rotatable bonds is 5. The first kappa shape index (κ1) is 13.9. The molecule has 3 N–H and O–H groups in total. The Balaban J connectivity index is 2.26. The van der Waals surface area contributed by atoms with Gasteiger partial charge in [0.05, 0.1) is 12.7 Å². The van der Waals surface area contributed by atoms with E-state index in [4.69, 9.17) is 16.7 Å². The second-order valence-electron chi connectivity index (χ2n) is 4.27. The van der Waals surface area contributed by atoms with Gasteiger partial charge in [0.2, 0.25) is 0 Å². The minimum atomic E-state index is -0.771. The molecule has 3 nitrogen and oxygen atoms in total. The van der Waals surface area contributed by atoms with Crippen molar-refractivity contribution in [2.75, 3.05) is 18.5 Å². The van der Waals surface area contributed by atoms with Crippen LogP contribution in [0.3, 0.4) is 0 Å². The van der Waals surface area contributed by atoms with Gasteiger partial charge in [-0.15, -0.1) is 0 Å². The molecule has 4 heteroatoms. The summed E-state index contributed by atoms with van der Waals surface area (Å²) in [5.74, 6) is 0. The molecule has 2 rings (SSSR count). The topological polar surface area (TPSA) is 52.5 Å². The molecule has 100 valence electrons. The maximum absolute atomic E-state index is 9.39. The maximum Gasteiger partial charge on any atom is 0.0942 e. The predicted molar refractivity (Wildman–Crippen MR) is 78.5 cm³/mol. The highest BCUT2D eigenvalue weighted by molar-refractivity contribution is 6.30. The third kappa shape index (κ3) is 3.70. The standard InChI is InChI=1S/C15H16ClNO2/c16-12-5-3-4-11(8-12)14-6-1-2-7-15(14)17-9-13(19)10-18/h1-8,13,17-19H,9-10H2. The van der Waals surface area contributed by atoms with E-state index in [-0.39, 0.29) is 6.61 Å². The summed E-state index contributed by atoms with van der Waals surface area (Å²) < 4.78 is 0. The van der Waals surface area contributed by atoms with Crippen molar-refractivity contribution >= 4 is 17.3 Å². The third-order valence-corrected chi connectivity index (χ3v) is 3.04. The lowest BCUT2D eigenvalue weighted by atomic mass is 10.0.